The summed E-state index contributed by atoms with van der Waals surface area (Å²) in [4.78, 5) is 0. The summed E-state index contributed by atoms with van der Waals surface area (Å²) in [6.45, 7) is 0. The second-order valence-corrected chi connectivity index (χ2v) is 6.93. The minimum atomic E-state index is 0.205. The summed E-state index contributed by atoms with van der Waals surface area (Å²) in [5.74, 6) is 2.19. The maximum absolute atomic E-state index is 6.55. The largest absolute Gasteiger partial charge is 0.126 e. The Morgan fingerprint density at radius 1 is 1.00 bits per heavy atom. The van der Waals surface area contributed by atoms with Crippen LogP contribution >= 0.6 is 11.6 Å². The molecule has 1 fully saturated rings. The lowest BCUT2D eigenvalue weighted by Gasteiger charge is -2.39. The third-order valence-electron chi connectivity index (χ3n) is 5.59. The Hall–Kier alpha value is -1.27. The Labute approximate surface area is 132 Å². The molecule has 2 aromatic rings. The zero-order valence-corrected chi connectivity index (χ0v) is 13.0. The molecule has 0 aliphatic heterocycles. The average Bonchev–Trinajstić information content (AvgIpc) is 3.36. The van der Waals surface area contributed by atoms with Crippen molar-refractivity contribution < 1.29 is 0 Å². The number of rotatable bonds is 3. The van der Waals surface area contributed by atoms with E-state index >= 15 is 0 Å². The van der Waals surface area contributed by atoms with E-state index in [-0.39, 0.29) is 5.41 Å². The molecular weight excluding hydrogens is 276 g/mol. The van der Waals surface area contributed by atoms with Gasteiger partial charge in [-0.2, -0.15) is 0 Å². The molecule has 4 rings (SSSR count). The molecule has 1 saturated carbocycles. The Morgan fingerprint density at radius 2 is 1.76 bits per heavy atom. The van der Waals surface area contributed by atoms with Crippen LogP contribution in [0.4, 0.5) is 0 Å². The number of benzene rings is 2. The summed E-state index contributed by atoms with van der Waals surface area (Å²) < 4.78 is 0. The molecule has 3 atom stereocenters. The predicted octanol–water partition coefficient (Wildman–Crippen LogP) is 5.30. The first-order valence-corrected chi connectivity index (χ1v) is 8.58. The van der Waals surface area contributed by atoms with E-state index in [1.807, 2.05) is 0 Å². The van der Waals surface area contributed by atoms with E-state index in [2.05, 4.69) is 54.6 Å². The van der Waals surface area contributed by atoms with E-state index in [1.165, 1.54) is 42.4 Å². The van der Waals surface area contributed by atoms with Crippen molar-refractivity contribution in [3.63, 3.8) is 0 Å². The van der Waals surface area contributed by atoms with Crippen LogP contribution in [0.3, 0.4) is 0 Å². The van der Waals surface area contributed by atoms with Crippen LogP contribution in [0.5, 0.6) is 0 Å². The average molecular weight is 297 g/mol. The summed E-state index contributed by atoms with van der Waals surface area (Å²) in [5, 5.41) is 0. The topological polar surface area (TPSA) is 0 Å². The quantitative estimate of drug-likeness (QED) is 0.674. The second kappa shape index (κ2) is 5.18. The number of hydrogen-bond donors (Lipinski definition) is 0. The van der Waals surface area contributed by atoms with Crippen LogP contribution in [-0.2, 0) is 11.8 Å². The van der Waals surface area contributed by atoms with Crippen molar-refractivity contribution in [2.75, 3.05) is 5.88 Å². The van der Waals surface area contributed by atoms with E-state index < -0.39 is 0 Å². The van der Waals surface area contributed by atoms with E-state index in [1.54, 1.807) is 0 Å². The number of alkyl halides is 1. The van der Waals surface area contributed by atoms with Gasteiger partial charge in [-0.1, -0.05) is 54.6 Å². The predicted molar refractivity (Wildman–Crippen MR) is 89.1 cm³/mol. The fourth-order valence-electron chi connectivity index (χ4n) is 4.45. The van der Waals surface area contributed by atoms with E-state index in [9.17, 15) is 0 Å². The smallest absolute Gasteiger partial charge is 0.0323 e. The maximum Gasteiger partial charge on any atom is 0.0323 e. The lowest BCUT2D eigenvalue weighted by atomic mass is 9.67. The number of halogens is 1. The van der Waals surface area contributed by atoms with Crippen LogP contribution in [0.2, 0.25) is 0 Å². The van der Waals surface area contributed by atoms with Gasteiger partial charge in [-0.05, 0) is 54.2 Å². The van der Waals surface area contributed by atoms with Gasteiger partial charge in [-0.15, -0.1) is 11.6 Å². The van der Waals surface area contributed by atoms with E-state index in [0.717, 1.165) is 11.8 Å². The Balaban J connectivity index is 1.71. The minimum absolute atomic E-state index is 0.205. The molecular formula is C20H21Cl. The van der Waals surface area contributed by atoms with Gasteiger partial charge >= 0.3 is 0 Å². The van der Waals surface area contributed by atoms with Gasteiger partial charge in [0.25, 0.3) is 0 Å². The molecule has 1 heteroatoms. The first-order chi connectivity index (χ1) is 10.3. The normalized spacial score (nSPS) is 30.7. The standard InChI is InChI=1S/C20H21Cl/c21-14-20(12-6-10-16-9-4-5-11-18(16)20)19-13-17(19)15-7-2-1-3-8-15/h1-5,7-9,11,17,19H,6,10,12-14H2. The first-order valence-electron chi connectivity index (χ1n) is 8.04. The van der Waals surface area contributed by atoms with E-state index in [0.29, 0.717) is 5.92 Å². The molecule has 0 aromatic heterocycles. The van der Waals surface area contributed by atoms with E-state index in [4.69, 9.17) is 11.6 Å². The SMILES string of the molecule is ClCC1(C2CC2c2ccccc2)CCCc2ccccc21. The van der Waals surface area contributed by atoms with Crippen LogP contribution in [-0.4, -0.2) is 5.88 Å². The van der Waals surface area contributed by atoms with Gasteiger partial charge in [-0.3, -0.25) is 0 Å². The minimum Gasteiger partial charge on any atom is -0.126 e. The lowest BCUT2D eigenvalue weighted by Crippen LogP contribution is -2.35. The number of aryl methyl sites for hydroxylation is 1. The molecule has 0 nitrogen and oxygen atoms in total. The highest BCUT2D eigenvalue weighted by Gasteiger charge is 2.54. The van der Waals surface area contributed by atoms with Crippen molar-refractivity contribution in [3.8, 4) is 0 Å². The number of fused-ring (bicyclic) bond motifs is 1. The zero-order valence-electron chi connectivity index (χ0n) is 12.3. The molecule has 0 saturated heterocycles. The summed E-state index contributed by atoms with van der Waals surface area (Å²) in [5.41, 5.74) is 4.77. The van der Waals surface area contributed by atoms with Crippen LogP contribution < -0.4 is 0 Å². The molecule has 0 radical (unpaired) electrons. The van der Waals surface area contributed by atoms with Gasteiger partial charge in [0.05, 0.1) is 0 Å². The highest BCUT2D eigenvalue weighted by Crippen LogP contribution is 2.61. The van der Waals surface area contributed by atoms with Gasteiger partial charge in [0.1, 0.15) is 0 Å². The van der Waals surface area contributed by atoms with Crippen molar-refractivity contribution in [3.05, 3.63) is 71.3 Å². The molecule has 2 aromatic carbocycles. The monoisotopic (exact) mass is 296 g/mol. The number of hydrogen-bond acceptors (Lipinski definition) is 0. The second-order valence-electron chi connectivity index (χ2n) is 6.66. The molecule has 0 N–H and O–H groups in total. The van der Waals surface area contributed by atoms with Crippen LogP contribution in [0.1, 0.15) is 41.9 Å². The Kier molecular flexibility index (Phi) is 3.30. The van der Waals surface area contributed by atoms with Crippen molar-refractivity contribution in [1.82, 2.24) is 0 Å². The summed E-state index contributed by atoms with van der Waals surface area (Å²) >= 11 is 6.55. The molecule has 108 valence electrons. The summed E-state index contributed by atoms with van der Waals surface area (Å²) in [6, 6.07) is 20.0. The third kappa shape index (κ3) is 2.12. The lowest BCUT2D eigenvalue weighted by molar-refractivity contribution is 0.344. The van der Waals surface area contributed by atoms with Gasteiger partial charge in [0.2, 0.25) is 0 Å². The third-order valence-corrected chi connectivity index (χ3v) is 6.07. The van der Waals surface area contributed by atoms with Crippen LogP contribution in [0, 0.1) is 5.92 Å². The first kappa shape index (κ1) is 13.4. The fraction of sp³-hybridized carbons (Fsp3) is 0.400. The van der Waals surface area contributed by atoms with Crippen LogP contribution in [0.15, 0.2) is 54.6 Å². The molecule has 0 heterocycles. The summed E-state index contributed by atoms with van der Waals surface area (Å²) in [6.07, 6.45) is 5.05. The van der Waals surface area contributed by atoms with Crippen LogP contribution in [0.25, 0.3) is 0 Å². The van der Waals surface area contributed by atoms with Crippen molar-refractivity contribution in [1.29, 1.82) is 0 Å². The molecule has 2 aliphatic rings. The molecule has 0 bridgehead atoms. The van der Waals surface area contributed by atoms with Gasteiger partial charge in [0, 0.05) is 11.3 Å². The highest BCUT2D eigenvalue weighted by molar-refractivity contribution is 6.18. The summed E-state index contributed by atoms with van der Waals surface area (Å²) in [7, 11) is 0. The molecule has 21 heavy (non-hydrogen) atoms. The Morgan fingerprint density at radius 3 is 2.57 bits per heavy atom. The molecule has 3 unspecified atom stereocenters. The highest BCUT2D eigenvalue weighted by atomic mass is 35.5. The molecule has 0 spiro atoms. The van der Waals surface area contributed by atoms with Crippen molar-refractivity contribution in [2.45, 2.75) is 37.0 Å². The van der Waals surface area contributed by atoms with Crippen molar-refractivity contribution in [2.24, 2.45) is 5.92 Å². The Bertz CT molecular complexity index is 633. The van der Waals surface area contributed by atoms with Gasteiger partial charge < -0.3 is 0 Å². The maximum atomic E-state index is 6.55. The fourth-order valence-corrected chi connectivity index (χ4v) is 4.93. The van der Waals surface area contributed by atoms with Crippen molar-refractivity contribution >= 4 is 11.6 Å². The zero-order chi connectivity index (χ0) is 14.3. The van der Waals surface area contributed by atoms with Gasteiger partial charge in [0.15, 0.2) is 0 Å². The molecule has 2 aliphatic carbocycles. The van der Waals surface area contributed by atoms with Gasteiger partial charge in [-0.25, -0.2) is 0 Å². The molecule has 0 amide bonds.